The van der Waals surface area contributed by atoms with Gasteiger partial charge in [0.2, 0.25) is 5.91 Å². The first-order chi connectivity index (χ1) is 16.9. The van der Waals surface area contributed by atoms with Gasteiger partial charge in [0.1, 0.15) is 0 Å². The molecule has 182 valence electrons. The van der Waals surface area contributed by atoms with Crippen molar-refractivity contribution in [2.45, 2.75) is 51.4 Å². The number of amides is 1. The second-order valence-electron chi connectivity index (χ2n) is 9.67. The van der Waals surface area contributed by atoms with Gasteiger partial charge in [0.05, 0.1) is 17.1 Å². The van der Waals surface area contributed by atoms with Crippen LogP contribution in [0.2, 0.25) is 5.02 Å². The molecule has 0 radical (unpaired) electrons. The Bertz CT molecular complexity index is 1240. The van der Waals surface area contributed by atoms with Crippen molar-refractivity contribution in [1.29, 1.82) is 0 Å². The van der Waals surface area contributed by atoms with Crippen molar-refractivity contribution in [2.24, 2.45) is 5.92 Å². The number of hydrogen-bond donors (Lipinski definition) is 0. The summed E-state index contributed by atoms with van der Waals surface area (Å²) < 4.78 is 2.03. The van der Waals surface area contributed by atoms with Gasteiger partial charge in [0.15, 0.2) is 0 Å². The highest BCUT2D eigenvalue weighted by Gasteiger charge is 2.35. The molecule has 1 aromatic heterocycles. The lowest BCUT2D eigenvalue weighted by Crippen LogP contribution is -2.40. The van der Waals surface area contributed by atoms with Crippen molar-refractivity contribution in [3.63, 3.8) is 0 Å². The average Bonchev–Trinajstić information content (AvgIpc) is 3.03. The molecule has 0 spiro atoms. The molecule has 0 unspecified atom stereocenters. The molecule has 1 fully saturated rings. The van der Waals surface area contributed by atoms with E-state index in [1.807, 2.05) is 12.3 Å². The maximum Gasteiger partial charge on any atom is 0.226 e. The summed E-state index contributed by atoms with van der Waals surface area (Å²) in [5.41, 5.74) is 7.51. The molecule has 6 heteroatoms. The molecule has 2 aromatic carbocycles. The first kappa shape index (κ1) is 25.0. The molecule has 1 amide bonds. The third-order valence-electron chi connectivity index (χ3n) is 7.62. The van der Waals surface area contributed by atoms with Crippen LogP contribution in [0, 0.1) is 5.92 Å². The number of piperidine rings is 1. The van der Waals surface area contributed by atoms with Crippen molar-refractivity contribution in [3.05, 3.63) is 96.1 Å². The summed E-state index contributed by atoms with van der Waals surface area (Å²) in [5, 5.41) is 0.759. The van der Waals surface area contributed by atoms with E-state index in [1.165, 1.54) is 27.9 Å². The van der Waals surface area contributed by atoms with Gasteiger partial charge in [0.25, 0.3) is 0 Å². The molecule has 0 N–H and O–H groups in total. The normalized spacial score (nSPS) is 18.1. The molecular weight excluding hydrogens is 588 g/mol. The van der Waals surface area contributed by atoms with E-state index in [1.54, 1.807) is 0 Å². The Morgan fingerprint density at radius 2 is 1.77 bits per heavy atom. The number of halogens is 3. The van der Waals surface area contributed by atoms with E-state index < -0.39 is 0 Å². The number of rotatable bonds is 4. The van der Waals surface area contributed by atoms with Crippen LogP contribution in [-0.2, 0) is 30.5 Å². The highest BCUT2D eigenvalue weighted by Crippen LogP contribution is 2.45. The number of pyridine rings is 1. The van der Waals surface area contributed by atoms with Gasteiger partial charge < -0.3 is 4.90 Å². The molecule has 0 saturated carbocycles. The highest BCUT2D eigenvalue weighted by atomic mass is 79.9. The molecule has 3 nitrogen and oxygen atoms in total. The number of carbonyl (C=O) groups excluding carboxylic acids is 1. The van der Waals surface area contributed by atoms with Crippen LogP contribution in [0.1, 0.15) is 59.2 Å². The van der Waals surface area contributed by atoms with Crippen molar-refractivity contribution < 1.29 is 4.79 Å². The minimum Gasteiger partial charge on any atom is -0.342 e. The van der Waals surface area contributed by atoms with Crippen molar-refractivity contribution in [1.82, 2.24) is 9.88 Å². The van der Waals surface area contributed by atoms with Gasteiger partial charge in [0, 0.05) is 34.1 Å². The number of carbonyl (C=O) groups is 1. The smallest absolute Gasteiger partial charge is 0.226 e. The summed E-state index contributed by atoms with van der Waals surface area (Å²) >= 11 is 13.9. The fourth-order valence-electron chi connectivity index (χ4n) is 5.67. The van der Waals surface area contributed by atoms with E-state index in [0.717, 1.165) is 64.7 Å². The third-order valence-corrected chi connectivity index (χ3v) is 9.51. The van der Waals surface area contributed by atoms with Crippen LogP contribution >= 0.6 is 43.5 Å². The van der Waals surface area contributed by atoms with Crippen LogP contribution in [0.5, 0.6) is 0 Å². The number of benzene rings is 2. The quantitative estimate of drug-likeness (QED) is 0.304. The molecule has 0 bridgehead atoms. The lowest BCUT2D eigenvalue weighted by atomic mass is 9.76. The Labute approximate surface area is 229 Å². The van der Waals surface area contributed by atoms with E-state index in [2.05, 4.69) is 80.1 Å². The van der Waals surface area contributed by atoms with Crippen LogP contribution in [0.25, 0.3) is 0 Å². The van der Waals surface area contributed by atoms with Crippen LogP contribution in [0.15, 0.2) is 57.6 Å². The summed E-state index contributed by atoms with van der Waals surface area (Å²) in [4.78, 5) is 20.0. The first-order valence-electron chi connectivity index (χ1n) is 12.4. The number of likely N-dealkylation sites (tertiary alicyclic amines) is 1. The number of aryl methyl sites for hydroxylation is 2. The minimum absolute atomic E-state index is 0.211. The fourth-order valence-corrected chi connectivity index (χ4v) is 6.79. The number of fused-ring (bicyclic) bond motifs is 2. The summed E-state index contributed by atoms with van der Waals surface area (Å²) in [6.07, 6.45) is 7.24. The minimum atomic E-state index is 0.211. The van der Waals surface area contributed by atoms with Crippen molar-refractivity contribution >= 4 is 49.4 Å². The second kappa shape index (κ2) is 10.7. The summed E-state index contributed by atoms with van der Waals surface area (Å²) in [5.74, 6) is 0.870. The molecule has 1 aliphatic heterocycles. The third kappa shape index (κ3) is 5.23. The zero-order valence-electron chi connectivity index (χ0n) is 19.9. The molecular formula is C29H29Br2ClN2O. The van der Waals surface area contributed by atoms with Gasteiger partial charge in [-0.05, 0) is 110 Å². The fraction of sp³-hybridized carbons (Fsp3) is 0.379. The van der Waals surface area contributed by atoms with Gasteiger partial charge in [-0.1, -0.05) is 48.9 Å². The predicted octanol–water partition coefficient (Wildman–Crippen LogP) is 7.53. The van der Waals surface area contributed by atoms with Gasteiger partial charge in [-0.15, -0.1) is 0 Å². The van der Waals surface area contributed by atoms with Crippen LogP contribution < -0.4 is 0 Å². The maximum atomic E-state index is 13.1. The highest BCUT2D eigenvalue weighted by molar-refractivity contribution is 9.10. The lowest BCUT2D eigenvalue weighted by Gasteiger charge is -2.37. The molecule has 5 rings (SSSR count). The van der Waals surface area contributed by atoms with E-state index in [4.69, 9.17) is 16.6 Å². The number of nitrogens with zero attached hydrogens (tertiary/aromatic N) is 2. The topological polar surface area (TPSA) is 33.2 Å². The standard InChI is InChI=1S/C29H29Br2ClN2O/c1-2-18-3-5-19(6-4-18)15-26(35)34-13-11-20(12-14-34)27-23-9-10-25(32)28(31)24(23)8-7-21-16-22(30)17-33-29(21)27/h3-6,9-10,16-17,20,27H,2,7-8,11-15H2,1H3/t27-/m0/s1. The molecule has 35 heavy (non-hydrogen) atoms. The van der Waals surface area contributed by atoms with E-state index in [0.29, 0.717) is 12.3 Å². The van der Waals surface area contributed by atoms with E-state index in [-0.39, 0.29) is 11.8 Å². The SMILES string of the molecule is CCc1ccc(CC(=O)N2CCC([C@H]3c4ccc(Cl)c(Br)c4CCc4cc(Br)cnc43)CC2)cc1. The molecule has 3 aromatic rings. The largest absolute Gasteiger partial charge is 0.342 e. The Hall–Kier alpha value is -1.69. The molecule has 1 saturated heterocycles. The molecule has 1 atom stereocenters. The van der Waals surface area contributed by atoms with Crippen molar-refractivity contribution in [3.8, 4) is 0 Å². The zero-order valence-corrected chi connectivity index (χ0v) is 23.8. The first-order valence-corrected chi connectivity index (χ1v) is 14.4. The molecule has 1 aliphatic carbocycles. The van der Waals surface area contributed by atoms with Gasteiger partial charge in [-0.2, -0.15) is 0 Å². The Balaban J connectivity index is 1.37. The zero-order chi connectivity index (χ0) is 24.5. The van der Waals surface area contributed by atoms with Crippen LogP contribution in [0.3, 0.4) is 0 Å². The average molecular weight is 617 g/mol. The maximum absolute atomic E-state index is 13.1. The van der Waals surface area contributed by atoms with E-state index in [9.17, 15) is 4.79 Å². The summed E-state index contributed by atoms with van der Waals surface area (Å²) in [6, 6.07) is 14.9. The summed E-state index contributed by atoms with van der Waals surface area (Å²) in [6.45, 7) is 3.74. The predicted molar refractivity (Wildman–Crippen MR) is 149 cm³/mol. The lowest BCUT2D eigenvalue weighted by molar-refractivity contribution is -0.131. The van der Waals surface area contributed by atoms with Gasteiger partial charge in [-0.3, -0.25) is 9.78 Å². The Morgan fingerprint density at radius 1 is 1.06 bits per heavy atom. The second-order valence-corrected chi connectivity index (χ2v) is 11.8. The molecule has 2 heterocycles. The van der Waals surface area contributed by atoms with Crippen molar-refractivity contribution in [2.75, 3.05) is 13.1 Å². The molecule has 2 aliphatic rings. The summed E-state index contributed by atoms with van der Waals surface area (Å²) in [7, 11) is 0. The Kier molecular flexibility index (Phi) is 7.66. The van der Waals surface area contributed by atoms with Crippen LogP contribution in [0.4, 0.5) is 0 Å². The van der Waals surface area contributed by atoms with Gasteiger partial charge in [-0.25, -0.2) is 0 Å². The van der Waals surface area contributed by atoms with E-state index >= 15 is 0 Å². The van der Waals surface area contributed by atoms with Crippen LogP contribution in [-0.4, -0.2) is 28.9 Å². The Morgan fingerprint density at radius 3 is 2.49 bits per heavy atom. The number of hydrogen-bond acceptors (Lipinski definition) is 2. The van der Waals surface area contributed by atoms with Gasteiger partial charge >= 0.3 is 0 Å². The monoisotopic (exact) mass is 614 g/mol. The number of aromatic nitrogens is 1.